The highest BCUT2D eigenvalue weighted by Gasteiger charge is 2.16. The van der Waals surface area contributed by atoms with E-state index in [2.05, 4.69) is 10.2 Å². The Kier molecular flexibility index (Phi) is 4.02. The molecule has 0 unspecified atom stereocenters. The van der Waals surface area contributed by atoms with E-state index >= 15 is 0 Å². The number of hydrogen-bond acceptors (Lipinski definition) is 5. The van der Waals surface area contributed by atoms with Gasteiger partial charge in [-0.2, -0.15) is 0 Å². The summed E-state index contributed by atoms with van der Waals surface area (Å²) >= 11 is 0. The Labute approximate surface area is 142 Å². The summed E-state index contributed by atoms with van der Waals surface area (Å²) in [7, 11) is 1.69. The van der Waals surface area contributed by atoms with E-state index in [1.807, 2.05) is 19.1 Å². The molecule has 0 aliphatic heterocycles. The predicted molar refractivity (Wildman–Crippen MR) is 91.3 cm³/mol. The Hall–Kier alpha value is -3.55. The molecule has 1 N–H and O–H groups in total. The maximum Gasteiger partial charge on any atom is 0.295 e. The lowest BCUT2D eigenvalue weighted by molar-refractivity contribution is -0.384. The molecule has 2 aromatic carbocycles. The van der Waals surface area contributed by atoms with E-state index in [1.54, 1.807) is 17.7 Å². The molecule has 0 saturated carbocycles. The minimum Gasteiger partial charge on any atom is -0.493 e. The molecule has 8 heteroatoms. The molecule has 0 aliphatic carbocycles. The summed E-state index contributed by atoms with van der Waals surface area (Å²) in [5, 5.41) is 29.2. The summed E-state index contributed by atoms with van der Waals surface area (Å²) < 4.78 is 1.57. The molecule has 0 atom stereocenters. The van der Waals surface area contributed by atoms with Crippen LogP contribution in [0.15, 0.2) is 52.7 Å². The lowest BCUT2D eigenvalue weighted by atomic mass is 10.1. The standard InChI is InChI=1S/C17H14N4O4/c1-10-5-3-8-13-14(17(23)20(2)15(10)13)18-19-16(22)11-6-4-7-12(9-11)21(24)25/h3-9,23H,1-2H3. The second-order valence-electron chi connectivity index (χ2n) is 5.51. The van der Waals surface area contributed by atoms with E-state index in [1.165, 1.54) is 18.2 Å². The van der Waals surface area contributed by atoms with Crippen LogP contribution in [0, 0.1) is 17.0 Å². The van der Waals surface area contributed by atoms with Gasteiger partial charge in [0.15, 0.2) is 5.69 Å². The van der Waals surface area contributed by atoms with Crippen LogP contribution in [0.4, 0.5) is 11.4 Å². The van der Waals surface area contributed by atoms with Crippen molar-refractivity contribution in [2.45, 2.75) is 6.92 Å². The van der Waals surface area contributed by atoms with Gasteiger partial charge in [0.05, 0.1) is 16.0 Å². The highest BCUT2D eigenvalue weighted by Crippen LogP contribution is 2.39. The summed E-state index contributed by atoms with van der Waals surface area (Å²) in [6, 6.07) is 10.7. The molecule has 0 saturated heterocycles. The van der Waals surface area contributed by atoms with Crippen molar-refractivity contribution in [3.8, 4) is 5.88 Å². The SMILES string of the molecule is Cc1cccc2c(N=NC(=O)c3cccc([N+](=O)[O-])c3)c(O)n(C)c12. The highest BCUT2D eigenvalue weighted by atomic mass is 16.6. The third-order valence-corrected chi connectivity index (χ3v) is 3.90. The van der Waals surface area contributed by atoms with Crippen molar-refractivity contribution in [2.75, 3.05) is 0 Å². The van der Waals surface area contributed by atoms with Crippen LogP contribution in [-0.4, -0.2) is 20.5 Å². The number of aromatic nitrogens is 1. The number of amides is 1. The van der Waals surface area contributed by atoms with Crippen molar-refractivity contribution in [3.05, 3.63) is 63.7 Å². The second kappa shape index (κ2) is 6.16. The lowest BCUT2D eigenvalue weighted by Crippen LogP contribution is -1.95. The molecule has 1 heterocycles. The number of aryl methyl sites for hydroxylation is 2. The Morgan fingerprint density at radius 2 is 1.96 bits per heavy atom. The molecule has 126 valence electrons. The van der Waals surface area contributed by atoms with Crippen molar-refractivity contribution in [2.24, 2.45) is 17.3 Å². The van der Waals surface area contributed by atoms with Crippen molar-refractivity contribution < 1.29 is 14.8 Å². The summed E-state index contributed by atoms with van der Waals surface area (Å²) in [6.07, 6.45) is 0. The first-order chi connectivity index (χ1) is 11.9. The molecular formula is C17H14N4O4. The Bertz CT molecular complexity index is 1040. The van der Waals surface area contributed by atoms with Crippen LogP contribution in [0.1, 0.15) is 15.9 Å². The number of carbonyl (C=O) groups is 1. The van der Waals surface area contributed by atoms with Gasteiger partial charge in [-0.1, -0.05) is 24.3 Å². The molecule has 0 fully saturated rings. The average molecular weight is 338 g/mol. The summed E-state index contributed by atoms with van der Waals surface area (Å²) in [5.41, 5.74) is 1.76. The van der Waals surface area contributed by atoms with Crippen LogP contribution in [0.25, 0.3) is 10.9 Å². The van der Waals surface area contributed by atoms with Gasteiger partial charge in [-0.15, -0.1) is 10.2 Å². The van der Waals surface area contributed by atoms with E-state index in [-0.39, 0.29) is 22.8 Å². The van der Waals surface area contributed by atoms with E-state index in [4.69, 9.17) is 0 Å². The van der Waals surface area contributed by atoms with Gasteiger partial charge in [0, 0.05) is 24.6 Å². The number of non-ortho nitro benzene ring substituents is 1. The first-order valence-electron chi connectivity index (χ1n) is 7.37. The number of nitro groups is 1. The minimum absolute atomic E-state index is 0.0499. The smallest absolute Gasteiger partial charge is 0.295 e. The lowest BCUT2D eigenvalue weighted by Gasteiger charge is -1.99. The van der Waals surface area contributed by atoms with Gasteiger partial charge >= 0.3 is 0 Å². The Morgan fingerprint density at radius 1 is 1.24 bits per heavy atom. The number of aromatic hydroxyl groups is 1. The number of carbonyl (C=O) groups excluding carboxylic acids is 1. The molecule has 0 bridgehead atoms. The van der Waals surface area contributed by atoms with Crippen LogP contribution < -0.4 is 0 Å². The predicted octanol–water partition coefficient (Wildman–Crippen LogP) is 4.02. The van der Waals surface area contributed by atoms with Crippen molar-refractivity contribution in [1.82, 2.24) is 4.57 Å². The zero-order valence-electron chi connectivity index (χ0n) is 13.5. The molecule has 0 spiro atoms. The van der Waals surface area contributed by atoms with E-state index in [0.29, 0.717) is 5.39 Å². The number of rotatable bonds is 3. The molecule has 1 aromatic heterocycles. The van der Waals surface area contributed by atoms with Crippen molar-refractivity contribution in [3.63, 3.8) is 0 Å². The van der Waals surface area contributed by atoms with Gasteiger partial charge in [-0.05, 0) is 18.6 Å². The molecule has 3 aromatic rings. The van der Waals surface area contributed by atoms with Crippen LogP contribution in [-0.2, 0) is 7.05 Å². The Balaban J connectivity index is 2.00. The topological polar surface area (TPSA) is 110 Å². The highest BCUT2D eigenvalue weighted by molar-refractivity contribution is 5.98. The number of nitrogens with zero attached hydrogens (tertiary/aromatic N) is 4. The number of para-hydroxylation sites is 1. The van der Waals surface area contributed by atoms with E-state index in [0.717, 1.165) is 17.1 Å². The maximum atomic E-state index is 12.1. The summed E-state index contributed by atoms with van der Waals surface area (Å²) in [5.74, 6) is -0.840. The fourth-order valence-electron chi connectivity index (χ4n) is 2.68. The van der Waals surface area contributed by atoms with Gasteiger partial charge in [-0.25, -0.2) is 0 Å². The fraction of sp³-hybridized carbons (Fsp3) is 0.118. The molecule has 0 radical (unpaired) electrons. The van der Waals surface area contributed by atoms with Crippen LogP contribution in [0.2, 0.25) is 0 Å². The molecule has 3 rings (SSSR count). The van der Waals surface area contributed by atoms with Crippen LogP contribution in [0.3, 0.4) is 0 Å². The largest absolute Gasteiger partial charge is 0.493 e. The molecule has 8 nitrogen and oxygen atoms in total. The van der Waals surface area contributed by atoms with Gasteiger partial charge in [-0.3, -0.25) is 14.9 Å². The van der Waals surface area contributed by atoms with Gasteiger partial charge < -0.3 is 9.67 Å². The number of hydrogen-bond donors (Lipinski definition) is 1. The second-order valence-corrected chi connectivity index (χ2v) is 5.51. The first kappa shape index (κ1) is 16.3. The normalized spacial score (nSPS) is 11.3. The Morgan fingerprint density at radius 3 is 2.68 bits per heavy atom. The van der Waals surface area contributed by atoms with Gasteiger partial charge in [0.25, 0.3) is 11.6 Å². The molecule has 0 aliphatic rings. The van der Waals surface area contributed by atoms with Crippen molar-refractivity contribution >= 4 is 28.2 Å². The van der Waals surface area contributed by atoms with Gasteiger partial charge in [0.1, 0.15) is 0 Å². The zero-order chi connectivity index (χ0) is 18.1. The van der Waals surface area contributed by atoms with Crippen LogP contribution >= 0.6 is 0 Å². The average Bonchev–Trinajstić information content (AvgIpc) is 2.85. The number of benzene rings is 2. The molecular weight excluding hydrogens is 324 g/mol. The summed E-state index contributed by atoms with van der Waals surface area (Å²) in [4.78, 5) is 22.3. The number of azo groups is 1. The minimum atomic E-state index is -0.729. The van der Waals surface area contributed by atoms with E-state index < -0.39 is 10.8 Å². The maximum absolute atomic E-state index is 12.1. The van der Waals surface area contributed by atoms with Crippen LogP contribution in [0.5, 0.6) is 5.88 Å². The van der Waals surface area contributed by atoms with Crippen molar-refractivity contribution in [1.29, 1.82) is 0 Å². The van der Waals surface area contributed by atoms with Gasteiger partial charge in [0.2, 0.25) is 5.88 Å². The monoisotopic (exact) mass is 338 g/mol. The summed E-state index contributed by atoms with van der Waals surface area (Å²) in [6.45, 7) is 1.90. The number of nitro benzene ring substituents is 1. The molecule has 25 heavy (non-hydrogen) atoms. The zero-order valence-corrected chi connectivity index (χ0v) is 13.5. The quantitative estimate of drug-likeness (QED) is 0.441. The fourth-order valence-corrected chi connectivity index (χ4v) is 2.68. The van der Waals surface area contributed by atoms with E-state index in [9.17, 15) is 20.0 Å². The third-order valence-electron chi connectivity index (χ3n) is 3.90. The number of fused-ring (bicyclic) bond motifs is 1. The first-order valence-corrected chi connectivity index (χ1v) is 7.37. The third kappa shape index (κ3) is 2.85. The molecule has 1 amide bonds.